The van der Waals surface area contributed by atoms with Crippen LogP contribution in [0.25, 0.3) is 0 Å². The lowest BCUT2D eigenvalue weighted by Crippen LogP contribution is -2.32. The highest BCUT2D eigenvalue weighted by atomic mass is 32.1. The molecule has 0 unspecified atom stereocenters. The van der Waals surface area contributed by atoms with Crippen LogP contribution in [-0.2, 0) is 6.54 Å². The number of aryl methyl sites for hydroxylation is 1. The van der Waals surface area contributed by atoms with E-state index in [0.717, 1.165) is 18.4 Å². The van der Waals surface area contributed by atoms with Crippen molar-refractivity contribution in [3.05, 3.63) is 51.7 Å². The van der Waals surface area contributed by atoms with Crippen LogP contribution in [0.3, 0.4) is 0 Å². The monoisotopic (exact) mass is 286 g/mol. The van der Waals surface area contributed by atoms with Gasteiger partial charge in [-0.15, -0.1) is 0 Å². The topological polar surface area (TPSA) is 46.3 Å². The molecular formula is C16H18N2OS. The second kappa shape index (κ2) is 5.29. The summed E-state index contributed by atoms with van der Waals surface area (Å²) in [7, 11) is 0. The van der Waals surface area contributed by atoms with E-state index in [4.69, 9.17) is 5.73 Å². The molecule has 1 aliphatic rings. The molecule has 3 rings (SSSR count). The Morgan fingerprint density at radius 2 is 2.20 bits per heavy atom. The van der Waals surface area contributed by atoms with Gasteiger partial charge < -0.3 is 10.6 Å². The van der Waals surface area contributed by atoms with Crippen LogP contribution in [0, 0.1) is 6.92 Å². The number of thiophene rings is 1. The number of nitrogens with two attached hydrogens (primary N) is 1. The maximum Gasteiger partial charge on any atom is 0.254 e. The molecule has 1 aliphatic carbocycles. The van der Waals surface area contributed by atoms with Crippen molar-refractivity contribution in [3.63, 3.8) is 0 Å². The van der Waals surface area contributed by atoms with Crippen molar-refractivity contribution in [1.82, 2.24) is 4.90 Å². The smallest absolute Gasteiger partial charge is 0.254 e. The molecule has 1 aromatic carbocycles. The zero-order valence-electron chi connectivity index (χ0n) is 11.5. The molecule has 1 fully saturated rings. The van der Waals surface area contributed by atoms with Crippen molar-refractivity contribution < 1.29 is 4.79 Å². The molecule has 0 spiro atoms. The average Bonchev–Trinajstić information content (AvgIpc) is 3.15. The van der Waals surface area contributed by atoms with Gasteiger partial charge in [-0.25, -0.2) is 0 Å². The second-order valence-corrected chi connectivity index (χ2v) is 6.15. The Morgan fingerprint density at radius 3 is 2.80 bits per heavy atom. The maximum atomic E-state index is 12.7. The molecule has 1 heterocycles. The summed E-state index contributed by atoms with van der Waals surface area (Å²) in [5.74, 6) is 0.0883. The van der Waals surface area contributed by atoms with E-state index in [-0.39, 0.29) is 5.91 Å². The maximum absolute atomic E-state index is 12.7. The Kier molecular flexibility index (Phi) is 3.49. The van der Waals surface area contributed by atoms with Gasteiger partial charge in [0.15, 0.2) is 0 Å². The number of benzene rings is 1. The van der Waals surface area contributed by atoms with E-state index in [1.807, 2.05) is 24.0 Å². The minimum absolute atomic E-state index is 0.0883. The lowest BCUT2D eigenvalue weighted by Gasteiger charge is -2.22. The molecule has 3 nitrogen and oxygen atoms in total. The molecule has 0 aliphatic heterocycles. The van der Waals surface area contributed by atoms with Gasteiger partial charge in [0.1, 0.15) is 0 Å². The zero-order valence-corrected chi connectivity index (χ0v) is 12.3. The summed E-state index contributed by atoms with van der Waals surface area (Å²) in [5, 5.41) is 4.15. The Hall–Kier alpha value is -1.81. The SMILES string of the molecule is Cc1ccc(C(=O)N(Cc2ccsc2)C2CC2)cc1N. The van der Waals surface area contributed by atoms with Gasteiger partial charge in [-0.05, 0) is 59.9 Å². The molecule has 0 radical (unpaired) electrons. The third kappa shape index (κ3) is 2.70. The predicted molar refractivity (Wildman–Crippen MR) is 82.8 cm³/mol. The third-order valence-corrected chi connectivity index (χ3v) is 4.44. The van der Waals surface area contributed by atoms with Crippen molar-refractivity contribution in [2.24, 2.45) is 0 Å². The molecule has 4 heteroatoms. The Bertz CT molecular complexity index is 617. The first kappa shape index (κ1) is 13.2. The highest BCUT2D eigenvalue weighted by Gasteiger charge is 2.33. The fraction of sp³-hybridized carbons (Fsp3) is 0.312. The minimum atomic E-state index is 0.0883. The van der Waals surface area contributed by atoms with Gasteiger partial charge in [0.25, 0.3) is 5.91 Å². The van der Waals surface area contributed by atoms with Crippen LogP contribution in [0.2, 0.25) is 0 Å². The summed E-state index contributed by atoms with van der Waals surface area (Å²) in [5.41, 5.74) is 9.51. The summed E-state index contributed by atoms with van der Waals surface area (Å²) >= 11 is 1.67. The molecule has 104 valence electrons. The van der Waals surface area contributed by atoms with Crippen LogP contribution in [0.1, 0.15) is 34.3 Å². The zero-order chi connectivity index (χ0) is 14.1. The Balaban J connectivity index is 1.83. The first-order valence-electron chi connectivity index (χ1n) is 6.83. The van der Waals surface area contributed by atoms with E-state index >= 15 is 0 Å². The fourth-order valence-corrected chi connectivity index (χ4v) is 2.93. The fourth-order valence-electron chi connectivity index (χ4n) is 2.27. The number of amides is 1. The summed E-state index contributed by atoms with van der Waals surface area (Å²) in [6.45, 7) is 2.65. The second-order valence-electron chi connectivity index (χ2n) is 5.37. The lowest BCUT2D eigenvalue weighted by atomic mass is 10.1. The molecule has 0 atom stereocenters. The van der Waals surface area contributed by atoms with E-state index < -0.39 is 0 Å². The van der Waals surface area contributed by atoms with E-state index in [0.29, 0.717) is 23.8 Å². The highest BCUT2D eigenvalue weighted by Crippen LogP contribution is 2.30. The van der Waals surface area contributed by atoms with Crippen LogP contribution in [-0.4, -0.2) is 16.8 Å². The number of anilines is 1. The molecule has 1 amide bonds. The van der Waals surface area contributed by atoms with Gasteiger partial charge >= 0.3 is 0 Å². The van der Waals surface area contributed by atoms with Crippen molar-refractivity contribution in [2.75, 3.05) is 5.73 Å². The minimum Gasteiger partial charge on any atom is -0.398 e. The van der Waals surface area contributed by atoms with Gasteiger partial charge in [0.2, 0.25) is 0 Å². The van der Waals surface area contributed by atoms with E-state index in [9.17, 15) is 4.79 Å². The summed E-state index contributed by atoms with van der Waals surface area (Å²) < 4.78 is 0. The Labute approximate surface area is 123 Å². The van der Waals surface area contributed by atoms with Crippen molar-refractivity contribution >= 4 is 22.9 Å². The molecule has 2 N–H and O–H groups in total. The number of hydrogen-bond acceptors (Lipinski definition) is 3. The number of carbonyl (C=O) groups excluding carboxylic acids is 1. The Morgan fingerprint density at radius 1 is 1.40 bits per heavy atom. The first-order chi connectivity index (χ1) is 9.65. The number of nitrogen functional groups attached to an aromatic ring is 1. The van der Waals surface area contributed by atoms with Crippen LogP contribution in [0.15, 0.2) is 35.0 Å². The summed E-state index contributed by atoms with van der Waals surface area (Å²) in [6, 6.07) is 8.05. The van der Waals surface area contributed by atoms with Crippen molar-refractivity contribution in [1.29, 1.82) is 0 Å². The molecule has 1 aromatic heterocycles. The number of rotatable bonds is 4. The molecule has 2 aromatic rings. The largest absolute Gasteiger partial charge is 0.398 e. The van der Waals surface area contributed by atoms with E-state index in [1.165, 1.54) is 5.56 Å². The predicted octanol–water partition coefficient (Wildman–Crippen LogP) is 3.44. The lowest BCUT2D eigenvalue weighted by molar-refractivity contribution is 0.0730. The average molecular weight is 286 g/mol. The molecule has 20 heavy (non-hydrogen) atoms. The normalized spacial score (nSPS) is 14.2. The quantitative estimate of drug-likeness (QED) is 0.875. The molecular weight excluding hydrogens is 268 g/mol. The van der Waals surface area contributed by atoms with Gasteiger partial charge in [-0.2, -0.15) is 11.3 Å². The first-order valence-corrected chi connectivity index (χ1v) is 7.77. The highest BCUT2D eigenvalue weighted by molar-refractivity contribution is 7.07. The van der Waals surface area contributed by atoms with E-state index in [1.54, 1.807) is 17.4 Å². The van der Waals surface area contributed by atoms with E-state index in [2.05, 4.69) is 16.8 Å². The number of hydrogen-bond donors (Lipinski definition) is 1. The summed E-state index contributed by atoms with van der Waals surface area (Å²) in [4.78, 5) is 14.7. The molecule has 0 saturated heterocycles. The molecule has 0 bridgehead atoms. The standard InChI is InChI=1S/C16H18N2OS/c1-11-2-3-13(8-15(11)17)16(19)18(14-4-5-14)9-12-6-7-20-10-12/h2-3,6-8,10,14H,4-5,9,17H2,1H3. The number of nitrogens with zero attached hydrogens (tertiary/aromatic N) is 1. The van der Waals surface area contributed by atoms with Crippen molar-refractivity contribution in [2.45, 2.75) is 32.4 Å². The van der Waals surface area contributed by atoms with Crippen LogP contribution in [0.4, 0.5) is 5.69 Å². The third-order valence-electron chi connectivity index (χ3n) is 3.71. The van der Waals surface area contributed by atoms with Crippen LogP contribution < -0.4 is 5.73 Å². The number of carbonyl (C=O) groups is 1. The summed E-state index contributed by atoms with van der Waals surface area (Å²) in [6.07, 6.45) is 2.22. The van der Waals surface area contributed by atoms with Gasteiger partial charge in [-0.1, -0.05) is 6.07 Å². The van der Waals surface area contributed by atoms with Gasteiger partial charge in [0.05, 0.1) is 0 Å². The van der Waals surface area contributed by atoms with Crippen LogP contribution >= 0.6 is 11.3 Å². The van der Waals surface area contributed by atoms with Crippen LogP contribution in [0.5, 0.6) is 0 Å². The van der Waals surface area contributed by atoms with Gasteiger partial charge in [-0.3, -0.25) is 4.79 Å². The molecule has 1 saturated carbocycles. The van der Waals surface area contributed by atoms with Gasteiger partial charge in [0, 0.05) is 23.8 Å². The van der Waals surface area contributed by atoms with Crippen molar-refractivity contribution in [3.8, 4) is 0 Å².